The van der Waals surface area contributed by atoms with Crippen LogP contribution < -0.4 is 5.73 Å². The van der Waals surface area contributed by atoms with Crippen LogP contribution in [-0.4, -0.2) is 19.1 Å². The van der Waals surface area contributed by atoms with Crippen molar-refractivity contribution < 1.29 is 9.53 Å². The van der Waals surface area contributed by atoms with Gasteiger partial charge >= 0.3 is 0 Å². The number of rotatable bonds is 4. The lowest BCUT2D eigenvalue weighted by molar-refractivity contribution is -0.121. The van der Waals surface area contributed by atoms with Gasteiger partial charge in [0.15, 0.2) is 0 Å². The summed E-state index contributed by atoms with van der Waals surface area (Å²) in [4.78, 5) is 10.8. The largest absolute Gasteiger partial charge is 0.381 e. The molecule has 1 fully saturated rings. The van der Waals surface area contributed by atoms with Crippen LogP contribution in [0.3, 0.4) is 0 Å². The summed E-state index contributed by atoms with van der Waals surface area (Å²) in [5.74, 6) is 0.295. The smallest absolute Gasteiger partial charge is 0.220 e. The van der Waals surface area contributed by atoms with E-state index in [4.69, 9.17) is 10.5 Å². The predicted molar refractivity (Wildman–Crippen MR) is 51.2 cm³/mol. The lowest BCUT2D eigenvalue weighted by Crippen LogP contribution is -2.30. The molecule has 76 valence electrons. The second-order valence-corrected chi connectivity index (χ2v) is 3.84. The normalized spacial score (nSPS) is 21.3. The SMILES string of the molecule is COC(CC(N)=O)C1CCCCC1. The maximum atomic E-state index is 10.8. The van der Waals surface area contributed by atoms with E-state index in [1.165, 1.54) is 32.1 Å². The number of methoxy groups -OCH3 is 1. The minimum atomic E-state index is -0.252. The van der Waals surface area contributed by atoms with Gasteiger partial charge in [0, 0.05) is 7.11 Å². The number of hydrogen-bond acceptors (Lipinski definition) is 2. The number of amides is 1. The number of ether oxygens (including phenoxy) is 1. The van der Waals surface area contributed by atoms with Gasteiger partial charge in [-0.05, 0) is 18.8 Å². The Hall–Kier alpha value is -0.570. The van der Waals surface area contributed by atoms with Crippen molar-refractivity contribution in [3.63, 3.8) is 0 Å². The topological polar surface area (TPSA) is 52.3 Å². The Morgan fingerprint density at radius 1 is 1.46 bits per heavy atom. The molecule has 0 radical (unpaired) electrons. The number of carbonyl (C=O) groups excluding carboxylic acids is 1. The molecule has 3 nitrogen and oxygen atoms in total. The first-order valence-electron chi connectivity index (χ1n) is 5.05. The summed E-state index contributed by atoms with van der Waals surface area (Å²) in [6.45, 7) is 0. The van der Waals surface area contributed by atoms with E-state index in [1.807, 2.05) is 0 Å². The fourth-order valence-electron chi connectivity index (χ4n) is 2.15. The Kier molecular flexibility index (Phi) is 4.22. The van der Waals surface area contributed by atoms with Crippen LogP contribution in [0.15, 0.2) is 0 Å². The first-order valence-corrected chi connectivity index (χ1v) is 5.05. The molecule has 1 atom stereocenters. The Morgan fingerprint density at radius 3 is 2.54 bits per heavy atom. The van der Waals surface area contributed by atoms with E-state index < -0.39 is 0 Å². The van der Waals surface area contributed by atoms with Crippen molar-refractivity contribution in [1.29, 1.82) is 0 Å². The molecule has 2 N–H and O–H groups in total. The van der Waals surface area contributed by atoms with Gasteiger partial charge in [-0.15, -0.1) is 0 Å². The molecular weight excluding hydrogens is 166 g/mol. The maximum Gasteiger partial charge on any atom is 0.220 e. The molecule has 1 aliphatic rings. The molecule has 0 heterocycles. The van der Waals surface area contributed by atoms with E-state index in [1.54, 1.807) is 7.11 Å². The molecule has 0 bridgehead atoms. The van der Waals surface area contributed by atoms with Crippen LogP contribution >= 0.6 is 0 Å². The Balaban J connectivity index is 2.39. The van der Waals surface area contributed by atoms with E-state index >= 15 is 0 Å². The van der Waals surface area contributed by atoms with Gasteiger partial charge in [0.2, 0.25) is 5.91 Å². The third-order valence-electron chi connectivity index (χ3n) is 2.88. The summed E-state index contributed by atoms with van der Waals surface area (Å²) < 4.78 is 5.30. The highest BCUT2D eigenvalue weighted by molar-refractivity contribution is 5.74. The van der Waals surface area contributed by atoms with Crippen molar-refractivity contribution in [1.82, 2.24) is 0 Å². The molecule has 0 aromatic carbocycles. The third-order valence-corrected chi connectivity index (χ3v) is 2.88. The lowest BCUT2D eigenvalue weighted by atomic mass is 9.84. The van der Waals surface area contributed by atoms with E-state index in [-0.39, 0.29) is 12.0 Å². The van der Waals surface area contributed by atoms with Crippen LogP contribution in [0.4, 0.5) is 0 Å². The Morgan fingerprint density at radius 2 is 2.08 bits per heavy atom. The molecule has 0 saturated heterocycles. The van der Waals surface area contributed by atoms with Crippen molar-refractivity contribution in [3.8, 4) is 0 Å². The number of carbonyl (C=O) groups is 1. The fraction of sp³-hybridized carbons (Fsp3) is 0.900. The zero-order valence-corrected chi connectivity index (χ0v) is 8.29. The summed E-state index contributed by atoms with van der Waals surface area (Å²) in [5, 5.41) is 0. The summed E-state index contributed by atoms with van der Waals surface area (Å²) >= 11 is 0. The van der Waals surface area contributed by atoms with E-state index in [9.17, 15) is 4.79 Å². The van der Waals surface area contributed by atoms with Gasteiger partial charge in [-0.2, -0.15) is 0 Å². The third kappa shape index (κ3) is 3.35. The van der Waals surface area contributed by atoms with Crippen LogP contribution in [0.25, 0.3) is 0 Å². The Bertz CT molecular complexity index is 164. The van der Waals surface area contributed by atoms with Gasteiger partial charge in [0.25, 0.3) is 0 Å². The summed E-state index contributed by atoms with van der Waals surface area (Å²) in [6, 6.07) is 0. The predicted octanol–water partition coefficient (Wildman–Crippen LogP) is 1.46. The zero-order chi connectivity index (χ0) is 9.68. The first-order chi connectivity index (χ1) is 6.24. The standard InChI is InChI=1S/C10H19NO2/c1-13-9(7-10(11)12)8-5-3-2-4-6-8/h8-9H,2-7H2,1H3,(H2,11,12). The minimum absolute atomic E-state index is 0.0535. The fourth-order valence-corrected chi connectivity index (χ4v) is 2.15. The molecule has 13 heavy (non-hydrogen) atoms. The van der Waals surface area contributed by atoms with E-state index in [0.29, 0.717) is 12.3 Å². The Labute approximate surface area is 79.6 Å². The van der Waals surface area contributed by atoms with Crippen LogP contribution in [-0.2, 0) is 9.53 Å². The molecular formula is C10H19NO2. The zero-order valence-electron chi connectivity index (χ0n) is 8.29. The summed E-state index contributed by atoms with van der Waals surface area (Å²) in [5.41, 5.74) is 5.16. The summed E-state index contributed by atoms with van der Waals surface area (Å²) in [7, 11) is 1.67. The van der Waals surface area contributed by atoms with Crippen LogP contribution in [0.2, 0.25) is 0 Å². The van der Waals surface area contributed by atoms with Gasteiger partial charge in [-0.1, -0.05) is 19.3 Å². The summed E-state index contributed by atoms with van der Waals surface area (Å²) in [6.07, 6.45) is 6.66. The molecule has 0 spiro atoms. The molecule has 0 aliphatic heterocycles. The molecule has 0 aromatic heterocycles. The molecule has 1 rings (SSSR count). The number of primary amides is 1. The highest BCUT2D eigenvalue weighted by atomic mass is 16.5. The average Bonchev–Trinajstić information content (AvgIpc) is 2.15. The molecule has 1 saturated carbocycles. The van der Waals surface area contributed by atoms with Gasteiger partial charge in [0.1, 0.15) is 0 Å². The highest BCUT2D eigenvalue weighted by Crippen LogP contribution is 2.28. The molecule has 0 aromatic rings. The van der Waals surface area contributed by atoms with Gasteiger partial charge in [0.05, 0.1) is 12.5 Å². The van der Waals surface area contributed by atoms with Gasteiger partial charge in [-0.3, -0.25) is 4.79 Å². The van der Waals surface area contributed by atoms with Gasteiger partial charge < -0.3 is 10.5 Å². The molecule has 1 amide bonds. The lowest BCUT2D eigenvalue weighted by Gasteiger charge is -2.28. The second kappa shape index (κ2) is 5.22. The monoisotopic (exact) mass is 185 g/mol. The van der Waals surface area contributed by atoms with E-state index in [0.717, 1.165) is 0 Å². The second-order valence-electron chi connectivity index (χ2n) is 3.84. The van der Waals surface area contributed by atoms with Crippen molar-refractivity contribution in [2.45, 2.75) is 44.6 Å². The first kappa shape index (κ1) is 10.5. The molecule has 1 unspecified atom stereocenters. The van der Waals surface area contributed by atoms with Gasteiger partial charge in [-0.25, -0.2) is 0 Å². The number of nitrogens with two attached hydrogens (primary N) is 1. The quantitative estimate of drug-likeness (QED) is 0.720. The van der Waals surface area contributed by atoms with Crippen LogP contribution in [0, 0.1) is 5.92 Å². The maximum absolute atomic E-state index is 10.8. The van der Waals surface area contributed by atoms with Crippen molar-refractivity contribution >= 4 is 5.91 Å². The van der Waals surface area contributed by atoms with Crippen LogP contribution in [0.1, 0.15) is 38.5 Å². The minimum Gasteiger partial charge on any atom is -0.381 e. The van der Waals surface area contributed by atoms with E-state index in [2.05, 4.69) is 0 Å². The van der Waals surface area contributed by atoms with Crippen LogP contribution in [0.5, 0.6) is 0 Å². The van der Waals surface area contributed by atoms with Crippen molar-refractivity contribution in [2.24, 2.45) is 11.7 Å². The molecule has 1 aliphatic carbocycles. The highest BCUT2D eigenvalue weighted by Gasteiger charge is 2.24. The van der Waals surface area contributed by atoms with Crippen molar-refractivity contribution in [3.05, 3.63) is 0 Å². The average molecular weight is 185 g/mol. The number of hydrogen-bond donors (Lipinski definition) is 1. The van der Waals surface area contributed by atoms with Crippen molar-refractivity contribution in [2.75, 3.05) is 7.11 Å². The molecule has 3 heteroatoms.